The molecule has 6 heteroatoms. The van der Waals surface area contributed by atoms with E-state index in [1.54, 1.807) is 30.3 Å². The molecular formula is C20H18N2O4. The summed E-state index contributed by atoms with van der Waals surface area (Å²) in [6.07, 6.45) is 0. The number of aryl methyl sites for hydroxylation is 3. The van der Waals surface area contributed by atoms with Gasteiger partial charge in [0.15, 0.2) is 12.3 Å². The third-order valence-electron chi connectivity index (χ3n) is 4.36. The summed E-state index contributed by atoms with van der Waals surface area (Å²) in [4.78, 5) is 36.6. The highest BCUT2D eigenvalue weighted by molar-refractivity contribution is 6.04. The second-order valence-corrected chi connectivity index (χ2v) is 6.20. The third-order valence-corrected chi connectivity index (χ3v) is 4.36. The van der Waals surface area contributed by atoms with Crippen molar-refractivity contribution in [2.24, 2.45) is 0 Å². The minimum atomic E-state index is -0.757. The van der Waals surface area contributed by atoms with E-state index in [9.17, 15) is 14.4 Å². The molecule has 0 saturated carbocycles. The largest absolute Gasteiger partial charge is 0.452 e. The molecule has 0 aliphatic carbocycles. The number of hydrogen-bond acceptors (Lipinski definition) is 5. The first kappa shape index (κ1) is 17.5. The number of nitrogens with zero attached hydrogens (tertiary/aromatic N) is 1. The number of hydrogen-bond donors (Lipinski definition) is 1. The summed E-state index contributed by atoms with van der Waals surface area (Å²) in [5.74, 6) is -1.04. The van der Waals surface area contributed by atoms with Crippen molar-refractivity contribution in [3.05, 3.63) is 74.7 Å². The van der Waals surface area contributed by atoms with Gasteiger partial charge in [-0.05, 0) is 49.6 Å². The molecule has 0 bridgehead atoms. The Morgan fingerprint density at radius 3 is 2.38 bits per heavy atom. The van der Waals surface area contributed by atoms with E-state index in [2.05, 4.69) is 10.2 Å². The van der Waals surface area contributed by atoms with E-state index >= 15 is 0 Å². The highest BCUT2D eigenvalue weighted by Crippen LogP contribution is 2.17. The lowest BCUT2D eigenvalue weighted by Crippen LogP contribution is -2.19. The van der Waals surface area contributed by atoms with Crippen molar-refractivity contribution >= 4 is 22.5 Å². The minimum Gasteiger partial charge on any atom is -0.452 e. The van der Waals surface area contributed by atoms with Crippen LogP contribution in [-0.2, 0) is 4.74 Å². The zero-order valence-corrected chi connectivity index (χ0v) is 14.8. The Balaban J connectivity index is 1.82. The molecule has 3 aromatic rings. The molecule has 0 saturated heterocycles. The maximum absolute atomic E-state index is 12.4. The molecule has 0 unspecified atom stereocenters. The number of carbonyl (C=O) groups is 2. The highest BCUT2D eigenvalue weighted by atomic mass is 16.5. The van der Waals surface area contributed by atoms with Gasteiger partial charge in [-0.25, -0.2) is 9.89 Å². The van der Waals surface area contributed by atoms with Crippen LogP contribution in [0.5, 0.6) is 0 Å². The lowest BCUT2D eigenvalue weighted by Gasteiger charge is -2.10. The van der Waals surface area contributed by atoms with Gasteiger partial charge in [-0.1, -0.05) is 24.3 Å². The zero-order chi connectivity index (χ0) is 18.8. The fourth-order valence-corrected chi connectivity index (χ4v) is 2.81. The van der Waals surface area contributed by atoms with E-state index in [-0.39, 0.29) is 17.0 Å². The quantitative estimate of drug-likeness (QED) is 0.577. The van der Waals surface area contributed by atoms with Gasteiger partial charge in [0.1, 0.15) is 0 Å². The average molecular weight is 350 g/mol. The Kier molecular flexibility index (Phi) is 4.67. The van der Waals surface area contributed by atoms with Gasteiger partial charge in [-0.15, -0.1) is 0 Å². The standard InChI is InChI=1S/C20H18N2O4/c1-11-8-13(3)16(9-12(11)2)17(23)10-26-20(25)18-14-6-4-5-7-15(14)19(24)22-21-18/h4-9H,10H2,1-3H3,(H,22,24). The van der Waals surface area contributed by atoms with Crippen molar-refractivity contribution in [3.63, 3.8) is 0 Å². The van der Waals surface area contributed by atoms with Gasteiger partial charge in [0.25, 0.3) is 5.56 Å². The number of rotatable bonds is 4. The smallest absolute Gasteiger partial charge is 0.359 e. The second-order valence-electron chi connectivity index (χ2n) is 6.20. The lowest BCUT2D eigenvalue weighted by molar-refractivity contribution is 0.0469. The molecule has 1 aromatic heterocycles. The molecule has 6 nitrogen and oxygen atoms in total. The number of aromatic amines is 1. The van der Waals surface area contributed by atoms with Crippen LogP contribution in [0.25, 0.3) is 10.8 Å². The summed E-state index contributed by atoms with van der Waals surface area (Å²) < 4.78 is 5.14. The van der Waals surface area contributed by atoms with Gasteiger partial charge < -0.3 is 4.74 Å². The molecular weight excluding hydrogens is 332 g/mol. The Labute approximate surface area is 149 Å². The van der Waals surface area contributed by atoms with Crippen LogP contribution in [-0.4, -0.2) is 28.6 Å². The summed E-state index contributed by atoms with van der Waals surface area (Å²) in [6, 6.07) is 10.3. The Bertz CT molecular complexity index is 1080. The molecule has 26 heavy (non-hydrogen) atoms. The van der Waals surface area contributed by atoms with Crippen LogP contribution in [0, 0.1) is 20.8 Å². The third kappa shape index (κ3) is 3.26. The molecule has 3 rings (SSSR count). The fraction of sp³-hybridized carbons (Fsp3) is 0.200. The molecule has 0 fully saturated rings. The number of ether oxygens (including phenoxy) is 1. The molecule has 0 radical (unpaired) electrons. The van der Waals surface area contributed by atoms with Crippen LogP contribution in [0.2, 0.25) is 0 Å². The number of H-pyrrole nitrogens is 1. The predicted octanol–water partition coefficient (Wildman–Crippen LogP) is 2.89. The first-order valence-corrected chi connectivity index (χ1v) is 8.14. The molecule has 0 aliphatic heterocycles. The molecule has 0 amide bonds. The summed E-state index contributed by atoms with van der Waals surface area (Å²) in [6.45, 7) is 5.35. The zero-order valence-electron chi connectivity index (χ0n) is 14.8. The maximum Gasteiger partial charge on any atom is 0.359 e. The SMILES string of the molecule is Cc1cc(C)c(C(=O)COC(=O)c2n[nH]c(=O)c3ccccc23)cc1C. The number of esters is 1. The molecule has 1 N–H and O–H groups in total. The molecule has 2 aromatic carbocycles. The highest BCUT2D eigenvalue weighted by Gasteiger charge is 2.18. The van der Waals surface area contributed by atoms with Crippen molar-refractivity contribution < 1.29 is 14.3 Å². The van der Waals surface area contributed by atoms with Crippen molar-refractivity contribution in [3.8, 4) is 0 Å². The van der Waals surface area contributed by atoms with E-state index in [1.165, 1.54) is 0 Å². The lowest BCUT2D eigenvalue weighted by atomic mass is 9.98. The second kappa shape index (κ2) is 6.92. The van der Waals surface area contributed by atoms with Crippen molar-refractivity contribution in [2.45, 2.75) is 20.8 Å². The summed E-state index contributed by atoms with van der Waals surface area (Å²) in [5.41, 5.74) is 3.05. The topological polar surface area (TPSA) is 89.1 Å². The van der Waals surface area contributed by atoms with E-state index < -0.39 is 12.6 Å². The van der Waals surface area contributed by atoms with E-state index in [4.69, 9.17) is 4.74 Å². The van der Waals surface area contributed by atoms with Gasteiger partial charge >= 0.3 is 5.97 Å². The number of fused-ring (bicyclic) bond motifs is 1. The molecule has 0 atom stereocenters. The number of benzene rings is 2. The van der Waals surface area contributed by atoms with E-state index in [1.807, 2.05) is 26.8 Å². The van der Waals surface area contributed by atoms with E-state index in [0.717, 1.165) is 16.7 Å². The molecule has 132 valence electrons. The number of ketones is 1. The maximum atomic E-state index is 12.4. The summed E-state index contributed by atoms with van der Waals surface area (Å²) in [7, 11) is 0. The minimum absolute atomic E-state index is 0.0233. The van der Waals surface area contributed by atoms with Crippen molar-refractivity contribution in [1.29, 1.82) is 0 Å². The summed E-state index contributed by atoms with van der Waals surface area (Å²) in [5, 5.41) is 6.78. The number of Topliss-reactive ketones (excluding diaryl/α,β-unsaturated/α-hetero) is 1. The van der Waals surface area contributed by atoms with Crippen LogP contribution < -0.4 is 5.56 Å². The Morgan fingerprint density at radius 2 is 1.65 bits per heavy atom. The van der Waals surface area contributed by atoms with Crippen LogP contribution >= 0.6 is 0 Å². The fourth-order valence-electron chi connectivity index (χ4n) is 2.81. The Morgan fingerprint density at radius 1 is 1.00 bits per heavy atom. The number of aromatic nitrogens is 2. The van der Waals surface area contributed by atoms with Crippen LogP contribution in [0.15, 0.2) is 41.2 Å². The van der Waals surface area contributed by atoms with Crippen molar-refractivity contribution in [2.75, 3.05) is 6.61 Å². The monoisotopic (exact) mass is 350 g/mol. The van der Waals surface area contributed by atoms with Gasteiger partial charge in [0.2, 0.25) is 5.78 Å². The van der Waals surface area contributed by atoms with Gasteiger partial charge in [0, 0.05) is 10.9 Å². The van der Waals surface area contributed by atoms with Gasteiger partial charge in [-0.2, -0.15) is 5.10 Å². The van der Waals surface area contributed by atoms with Crippen LogP contribution in [0.4, 0.5) is 0 Å². The van der Waals surface area contributed by atoms with Crippen LogP contribution in [0.1, 0.15) is 37.5 Å². The van der Waals surface area contributed by atoms with Gasteiger partial charge in [-0.3, -0.25) is 9.59 Å². The van der Waals surface area contributed by atoms with E-state index in [0.29, 0.717) is 16.3 Å². The van der Waals surface area contributed by atoms with Crippen LogP contribution in [0.3, 0.4) is 0 Å². The number of nitrogens with one attached hydrogen (secondary N) is 1. The number of carbonyl (C=O) groups excluding carboxylic acids is 2. The molecule has 1 heterocycles. The first-order chi connectivity index (χ1) is 12.4. The van der Waals surface area contributed by atoms with Crippen molar-refractivity contribution in [1.82, 2.24) is 10.2 Å². The van der Waals surface area contributed by atoms with Gasteiger partial charge in [0.05, 0.1) is 5.39 Å². The normalized spacial score (nSPS) is 10.7. The molecule has 0 aliphatic rings. The molecule has 0 spiro atoms. The predicted molar refractivity (Wildman–Crippen MR) is 97.6 cm³/mol. The Hall–Kier alpha value is -3.28. The first-order valence-electron chi connectivity index (χ1n) is 8.14. The average Bonchev–Trinajstić information content (AvgIpc) is 2.63. The summed E-state index contributed by atoms with van der Waals surface area (Å²) >= 11 is 0.